The molecule has 29 heavy (non-hydrogen) atoms. The quantitative estimate of drug-likeness (QED) is 0.638. The summed E-state index contributed by atoms with van der Waals surface area (Å²) in [5.74, 6) is -1.94. The number of rotatable bonds is 5. The van der Waals surface area contributed by atoms with Gasteiger partial charge in [0.15, 0.2) is 11.6 Å². The molecule has 1 atom stereocenters. The Morgan fingerprint density at radius 2 is 1.90 bits per heavy atom. The Bertz CT molecular complexity index is 1090. The minimum atomic E-state index is -0.837. The van der Waals surface area contributed by atoms with Crippen molar-refractivity contribution < 1.29 is 19.1 Å². The Balaban J connectivity index is 2.13. The summed E-state index contributed by atoms with van der Waals surface area (Å²) in [6, 6.07) is 8.75. The van der Waals surface area contributed by atoms with Crippen LogP contribution in [0.3, 0.4) is 0 Å². The highest BCUT2D eigenvalue weighted by Gasteiger charge is 2.23. The molecule has 1 amide bonds. The van der Waals surface area contributed by atoms with Crippen LogP contribution in [0.25, 0.3) is 10.9 Å². The SMILES string of the molecule is CCC(C)NC(=O)Cc1c(C)n(C(=O)c2ccc(Cl)cc2)c2cc(F)c(O)cc12. The molecule has 5 nitrogen and oxygen atoms in total. The van der Waals surface area contributed by atoms with Crippen molar-refractivity contribution >= 4 is 34.3 Å². The highest BCUT2D eigenvalue weighted by molar-refractivity contribution is 6.30. The van der Waals surface area contributed by atoms with Crippen LogP contribution < -0.4 is 5.32 Å². The van der Waals surface area contributed by atoms with Crippen molar-refractivity contribution in [3.05, 3.63) is 64.1 Å². The number of halogens is 2. The molecular weight excluding hydrogens is 395 g/mol. The summed E-state index contributed by atoms with van der Waals surface area (Å²) in [6.07, 6.45) is 0.798. The molecule has 0 spiro atoms. The monoisotopic (exact) mass is 416 g/mol. The van der Waals surface area contributed by atoms with Gasteiger partial charge in [-0.15, -0.1) is 0 Å². The number of nitrogens with zero attached hydrogens (tertiary/aromatic N) is 1. The van der Waals surface area contributed by atoms with Gasteiger partial charge in [-0.3, -0.25) is 14.2 Å². The highest BCUT2D eigenvalue weighted by atomic mass is 35.5. The van der Waals surface area contributed by atoms with Gasteiger partial charge in [0.25, 0.3) is 5.91 Å². The summed E-state index contributed by atoms with van der Waals surface area (Å²) in [5.41, 5.74) is 1.75. The fraction of sp³-hybridized carbons (Fsp3) is 0.273. The molecule has 2 N–H and O–H groups in total. The van der Waals surface area contributed by atoms with Gasteiger partial charge in [0.05, 0.1) is 11.9 Å². The molecule has 3 aromatic rings. The van der Waals surface area contributed by atoms with Gasteiger partial charge in [0, 0.05) is 33.8 Å². The lowest BCUT2D eigenvalue weighted by molar-refractivity contribution is -0.121. The lowest BCUT2D eigenvalue weighted by Crippen LogP contribution is -2.33. The van der Waals surface area contributed by atoms with Crippen molar-refractivity contribution in [2.75, 3.05) is 0 Å². The molecule has 3 rings (SSSR count). The topological polar surface area (TPSA) is 71.3 Å². The zero-order valence-electron chi connectivity index (χ0n) is 16.4. The van der Waals surface area contributed by atoms with E-state index in [2.05, 4.69) is 5.32 Å². The minimum Gasteiger partial charge on any atom is -0.505 e. The normalized spacial score (nSPS) is 12.2. The molecule has 0 saturated carbocycles. The van der Waals surface area contributed by atoms with Crippen LogP contribution >= 0.6 is 11.6 Å². The van der Waals surface area contributed by atoms with Crippen molar-refractivity contribution in [2.45, 2.75) is 39.7 Å². The van der Waals surface area contributed by atoms with Gasteiger partial charge in [-0.2, -0.15) is 0 Å². The van der Waals surface area contributed by atoms with Gasteiger partial charge in [-0.25, -0.2) is 4.39 Å². The summed E-state index contributed by atoms with van der Waals surface area (Å²) < 4.78 is 15.5. The Labute approximate surface area is 173 Å². The van der Waals surface area contributed by atoms with Gasteiger partial charge < -0.3 is 10.4 Å². The van der Waals surface area contributed by atoms with Crippen LogP contribution in [0.1, 0.15) is 41.9 Å². The molecule has 0 saturated heterocycles. The molecule has 1 aromatic heterocycles. The maximum absolute atomic E-state index is 14.1. The van der Waals surface area contributed by atoms with E-state index in [1.54, 1.807) is 31.2 Å². The summed E-state index contributed by atoms with van der Waals surface area (Å²) in [4.78, 5) is 25.6. The summed E-state index contributed by atoms with van der Waals surface area (Å²) >= 11 is 5.90. The van der Waals surface area contributed by atoms with E-state index >= 15 is 0 Å². The van der Waals surface area contributed by atoms with E-state index in [1.807, 2.05) is 13.8 Å². The lowest BCUT2D eigenvalue weighted by Gasteiger charge is -2.11. The molecule has 0 aliphatic rings. The Morgan fingerprint density at radius 3 is 2.52 bits per heavy atom. The molecule has 1 unspecified atom stereocenters. The molecule has 0 radical (unpaired) electrons. The van der Waals surface area contributed by atoms with Crippen molar-refractivity contribution in [1.29, 1.82) is 0 Å². The number of hydrogen-bond acceptors (Lipinski definition) is 3. The molecule has 0 aliphatic carbocycles. The number of phenols is 1. The van der Waals surface area contributed by atoms with Crippen LogP contribution in [-0.2, 0) is 11.2 Å². The van der Waals surface area contributed by atoms with Crippen LogP contribution in [-0.4, -0.2) is 27.5 Å². The Kier molecular flexibility index (Phi) is 5.94. The summed E-state index contributed by atoms with van der Waals surface area (Å²) in [5, 5.41) is 13.7. The molecule has 1 heterocycles. The second-order valence-electron chi connectivity index (χ2n) is 7.09. The van der Waals surface area contributed by atoms with Gasteiger partial charge in [0.2, 0.25) is 5.91 Å². The maximum Gasteiger partial charge on any atom is 0.262 e. The number of nitrogens with one attached hydrogen (secondary N) is 1. The molecule has 0 bridgehead atoms. The summed E-state index contributed by atoms with van der Waals surface area (Å²) in [7, 11) is 0. The van der Waals surface area contributed by atoms with Crippen molar-refractivity contribution in [3.63, 3.8) is 0 Å². The van der Waals surface area contributed by atoms with E-state index in [0.29, 0.717) is 32.7 Å². The number of amides is 1. The molecule has 152 valence electrons. The van der Waals surface area contributed by atoms with Gasteiger partial charge in [-0.1, -0.05) is 18.5 Å². The number of aromatic hydroxyl groups is 1. The van der Waals surface area contributed by atoms with E-state index in [9.17, 15) is 19.1 Å². The van der Waals surface area contributed by atoms with E-state index in [0.717, 1.165) is 12.5 Å². The van der Waals surface area contributed by atoms with Gasteiger partial charge >= 0.3 is 0 Å². The molecule has 0 aliphatic heterocycles. The van der Waals surface area contributed by atoms with Crippen LogP contribution in [0.4, 0.5) is 4.39 Å². The average molecular weight is 417 g/mol. The second-order valence-corrected chi connectivity index (χ2v) is 7.52. The first-order valence-electron chi connectivity index (χ1n) is 9.35. The van der Waals surface area contributed by atoms with Gasteiger partial charge in [0.1, 0.15) is 0 Å². The van der Waals surface area contributed by atoms with Crippen molar-refractivity contribution in [1.82, 2.24) is 9.88 Å². The van der Waals surface area contributed by atoms with Crippen molar-refractivity contribution in [2.24, 2.45) is 0 Å². The fourth-order valence-corrected chi connectivity index (χ4v) is 3.41. The highest BCUT2D eigenvalue weighted by Crippen LogP contribution is 2.32. The zero-order chi connectivity index (χ0) is 21.3. The van der Waals surface area contributed by atoms with Gasteiger partial charge in [-0.05, 0) is 56.2 Å². The first-order valence-corrected chi connectivity index (χ1v) is 9.72. The Morgan fingerprint density at radius 1 is 1.24 bits per heavy atom. The molecule has 7 heteroatoms. The third-order valence-electron chi connectivity index (χ3n) is 5.05. The first kappa shape index (κ1) is 20.9. The van der Waals surface area contributed by atoms with Crippen LogP contribution in [0.5, 0.6) is 5.75 Å². The second kappa shape index (κ2) is 8.25. The molecular formula is C22H22ClFN2O3. The number of carbonyl (C=O) groups excluding carboxylic acids is 2. The average Bonchev–Trinajstić information content (AvgIpc) is 2.93. The van der Waals surface area contributed by atoms with Crippen molar-refractivity contribution in [3.8, 4) is 5.75 Å². The largest absolute Gasteiger partial charge is 0.505 e. The van der Waals surface area contributed by atoms with E-state index < -0.39 is 11.6 Å². The smallest absolute Gasteiger partial charge is 0.262 e. The van der Waals surface area contributed by atoms with Crippen LogP contribution in [0.2, 0.25) is 5.02 Å². The number of benzene rings is 2. The Hall–Kier alpha value is -2.86. The number of carbonyl (C=O) groups is 2. The number of fused-ring (bicyclic) bond motifs is 1. The standard InChI is InChI=1S/C22H22ClFN2O3/c1-4-12(2)25-21(28)10-16-13(3)26(19-11-18(24)20(27)9-17(16)19)22(29)14-5-7-15(23)8-6-14/h5-9,11-12,27H,4,10H2,1-3H3,(H,25,28). The molecule has 0 fully saturated rings. The first-order chi connectivity index (χ1) is 13.7. The number of hydrogen-bond donors (Lipinski definition) is 2. The number of phenolic OH excluding ortho intramolecular Hbond substituents is 1. The maximum atomic E-state index is 14.1. The molecule has 2 aromatic carbocycles. The zero-order valence-corrected chi connectivity index (χ0v) is 17.2. The third kappa shape index (κ3) is 4.12. The summed E-state index contributed by atoms with van der Waals surface area (Å²) in [6.45, 7) is 5.57. The third-order valence-corrected chi connectivity index (χ3v) is 5.31. The van der Waals surface area contributed by atoms with E-state index in [4.69, 9.17) is 11.6 Å². The van der Waals surface area contributed by atoms with Crippen LogP contribution in [0, 0.1) is 12.7 Å². The minimum absolute atomic E-state index is 0.0118. The fourth-order valence-electron chi connectivity index (χ4n) is 3.28. The lowest BCUT2D eigenvalue weighted by atomic mass is 10.1. The van der Waals surface area contributed by atoms with E-state index in [1.165, 1.54) is 10.6 Å². The van der Waals surface area contributed by atoms with Crippen LogP contribution in [0.15, 0.2) is 36.4 Å². The predicted molar refractivity (Wildman–Crippen MR) is 111 cm³/mol. The van der Waals surface area contributed by atoms with E-state index in [-0.39, 0.29) is 24.3 Å². The predicted octanol–water partition coefficient (Wildman–Crippen LogP) is 4.59. The number of aromatic nitrogens is 1.